The Kier molecular flexibility index (Phi) is 3.27. The van der Waals surface area contributed by atoms with Crippen molar-refractivity contribution >= 4 is 11.9 Å². The summed E-state index contributed by atoms with van der Waals surface area (Å²) < 4.78 is 0. The van der Waals surface area contributed by atoms with Crippen LogP contribution in [0.3, 0.4) is 0 Å². The molecule has 0 saturated carbocycles. The highest BCUT2D eigenvalue weighted by Gasteiger charge is 1.89. The highest BCUT2D eigenvalue weighted by Crippen LogP contribution is 2.00. The first-order chi connectivity index (χ1) is 5.83. The fourth-order valence-corrected chi connectivity index (χ4v) is 0.837. The molecule has 0 aromatic heterocycles. The molecule has 0 atom stereocenters. The maximum atomic E-state index is 10.8. The van der Waals surface area contributed by atoms with E-state index in [1.165, 1.54) is 0 Å². The Balaban J connectivity index is 2.64. The molecule has 1 heteroatoms. The number of carbonyl (C=O) groups excluding carboxylic acids is 1. The van der Waals surface area contributed by atoms with Gasteiger partial charge in [0.25, 0.3) is 0 Å². The first kappa shape index (κ1) is 8.72. The number of allylic oxidation sites excluding steroid dienone is 1. The van der Waals surface area contributed by atoms with E-state index in [1.807, 2.05) is 30.3 Å². The summed E-state index contributed by atoms with van der Waals surface area (Å²) >= 11 is 0. The monoisotopic (exact) mass is 159 g/mol. The molecule has 0 unspecified atom stereocenters. The fraction of sp³-hybridized carbons (Fsp3) is 0.0909. The summed E-state index contributed by atoms with van der Waals surface area (Å²) in [5, 5.41) is 0. The maximum Gasteiger partial charge on any atom is 0.155 e. The molecular formula is C11H11O. The van der Waals surface area contributed by atoms with Crippen LogP contribution >= 0.6 is 0 Å². The molecule has 0 fully saturated rings. The third kappa shape index (κ3) is 2.70. The molecule has 0 bridgehead atoms. The van der Waals surface area contributed by atoms with Gasteiger partial charge in [-0.3, -0.25) is 4.79 Å². The van der Waals surface area contributed by atoms with E-state index in [0.29, 0.717) is 6.42 Å². The lowest BCUT2D eigenvalue weighted by molar-refractivity contribution is -0.113. The van der Waals surface area contributed by atoms with Gasteiger partial charge in [-0.2, -0.15) is 0 Å². The minimum Gasteiger partial charge on any atom is -0.295 e. The van der Waals surface area contributed by atoms with E-state index >= 15 is 0 Å². The quantitative estimate of drug-likeness (QED) is 0.619. The van der Waals surface area contributed by atoms with Crippen LogP contribution in [-0.4, -0.2) is 5.78 Å². The minimum absolute atomic E-state index is 0.0545. The molecule has 1 rings (SSSR count). The SMILES string of the molecule is [CH2]CC(=O)/C=C/c1ccccc1. The summed E-state index contributed by atoms with van der Waals surface area (Å²) in [7, 11) is 0. The lowest BCUT2D eigenvalue weighted by Gasteiger charge is -1.89. The Morgan fingerprint density at radius 1 is 1.33 bits per heavy atom. The number of ketones is 1. The van der Waals surface area contributed by atoms with Gasteiger partial charge in [-0.25, -0.2) is 0 Å². The Bertz CT molecular complexity index is 272. The normalized spacial score (nSPS) is 10.4. The average Bonchev–Trinajstić information content (AvgIpc) is 2.16. The summed E-state index contributed by atoms with van der Waals surface area (Å²) in [5.41, 5.74) is 1.04. The molecule has 0 N–H and O–H groups in total. The molecule has 0 spiro atoms. The van der Waals surface area contributed by atoms with Crippen LogP contribution in [0.25, 0.3) is 6.08 Å². The number of carbonyl (C=O) groups is 1. The van der Waals surface area contributed by atoms with E-state index in [2.05, 4.69) is 6.92 Å². The first-order valence-corrected chi connectivity index (χ1v) is 3.88. The van der Waals surface area contributed by atoms with Crippen molar-refractivity contribution in [2.24, 2.45) is 0 Å². The number of hydrogen-bond donors (Lipinski definition) is 0. The third-order valence-corrected chi connectivity index (χ3v) is 1.51. The van der Waals surface area contributed by atoms with Crippen molar-refractivity contribution < 1.29 is 4.79 Å². The largest absolute Gasteiger partial charge is 0.295 e. The lowest BCUT2D eigenvalue weighted by Crippen LogP contribution is -1.86. The molecule has 0 aliphatic rings. The average molecular weight is 159 g/mol. The molecule has 0 aliphatic carbocycles. The van der Waals surface area contributed by atoms with Gasteiger partial charge in [0, 0.05) is 6.42 Å². The molecule has 0 heterocycles. The number of rotatable bonds is 3. The molecule has 1 aromatic rings. The maximum absolute atomic E-state index is 10.8. The van der Waals surface area contributed by atoms with Crippen LogP contribution in [0.15, 0.2) is 36.4 Å². The minimum atomic E-state index is 0.0545. The van der Waals surface area contributed by atoms with Crippen LogP contribution < -0.4 is 0 Å². The molecule has 1 nitrogen and oxygen atoms in total. The van der Waals surface area contributed by atoms with Crippen LogP contribution in [0.4, 0.5) is 0 Å². The van der Waals surface area contributed by atoms with E-state index in [-0.39, 0.29) is 5.78 Å². The van der Waals surface area contributed by atoms with Gasteiger partial charge in [-0.1, -0.05) is 36.4 Å². The van der Waals surface area contributed by atoms with Gasteiger partial charge in [0.05, 0.1) is 0 Å². The van der Waals surface area contributed by atoms with E-state index in [1.54, 1.807) is 12.2 Å². The summed E-state index contributed by atoms with van der Waals surface area (Å²) in [6.07, 6.45) is 3.68. The van der Waals surface area contributed by atoms with Crippen LogP contribution in [0.1, 0.15) is 12.0 Å². The van der Waals surface area contributed by atoms with Crippen molar-refractivity contribution in [2.45, 2.75) is 6.42 Å². The predicted octanol–water partition coefficient (Wildman–Crippen LogP) is 2.49. The summed E-state index contributed by atoms with van der Waals surface area (Å²) in [6, 6.07) is 9.73. The second kappa shape index (κ2) is 4.50. The van der Waals surface area contributed by atoms with Crippen molar-refractivity contribution in [1.29, 1.82) is 0 Å². The molecule has 1 aromatic carbocycles. The van der Waals surface area contributed by atoms with Crippen LogP contribution in [0.5, 0.6) is 0 Å². The Labute approximate surface area is 72.7 Å². The molecule has 0 aliphatic heterocycles. The number of hydrogen-bond acceptors (Lipinski definition) is 1. The predicted molar refractivity (Wildman–Crippen MR) is 50.5 cm³/mol. The van der Waals surface area contributed by atoms with E-state index in [0.717, 1.165) is 5.56 Å². The van der Waals surface area contributed by atoms with Crippen molar-refractivity contribution in [1.82, 2.24) is 0 Å². The summed E-state index contributed by atoms with van der Waals surface area (Å²) in [6.45, 7) is 3.50. The van der Waals surface area contributed by atoms with Gasteiger partial charge < -0.3 is 0 Å². The molecule has 1 radical (unpaired) electrons. The zero-order valence-electron chi connectivity index (χ0n) is 6.86. The topological polar surface area (TPSA) is 17.1 Å². The first-order valence-electron chi connectivity index (χ1n) is 3.88. The zero-order valence-corrected chi connectivity index (χ0v) is 6.86. The molecule has 61 valence electrons. The van der Waals surface area contributed by atoms with Crippen molar-refractivity contribution in [3.8, 4) is 0 Å². The van der Waals surface area contributed by atoms with Gasteiger partial charge in [0.2, 0.25) is 0 Å². The Hall–Kier alpha value is -1.37. The highest BCUT2D eigenvalue weighted by molar-refractivity contribution is 5.93. The third-order valence-electron chi connectivity index (χ3n) is 1.51. The Morgan fingerprint density at radius 3 is 2.58 bits per heavy atom. The Morgan fingerprint density at radius 2 is 2.00 bits per heavy atom. The van der Waals surface area contributed by atoms with Crippen molar-refractivity contribution in [3.63, 3.8) is 0 Å². The van der Waals surface area contributed by atoms with E-state index in [9.17, 15) is 4.79 Å². The van der Waals surface area contributed by atoms with Crippen molar-refractivity contribution in [3.05, 3.63) is 48.9 Å². The summed E-state index contributed by atoms with van der Waals surface area (Å²) in [5.74, 6) is 0.0545. The zero-order chi connectivity index (χ0) is 8.81. The van der Waals surface area contributed by atoms with E-state index in [4.69, 9.17) is 0 Å². The smallest absolute Gasteiger partial charge is 0.155 e. The van der Waals surface area contributed by atoms with Gasteiger partial charge in [-0.15, -0.1) is 0 Å². The highest BCUT2D eigenvalue weighted by atomic mass is 16.1. The molecular weight excluding hydrogens is 148 g/mol. The second-order valence-electron chi connectivity index (χ2n) is 2.46. The van der Waals surface area contributed by atoms with Gasteiger partial charge >= 0.3 is 0 Å². The fourth-order valence-electron chi connectivity index (χ4n) is 0.837. The van der Waals surface area contributed by atoms with Gasteiger partial charge in [0.15, 0.2) is 5.78 Å². The van der Waals surface area contributed by atoms with Gasteiger partial charge in [0.1, 0.15) is 0 Å². The molecule has 0 saturated heterocycles. The van der Waals surface area contributed by atoms with Crippen LogP contribution in [0.2, 0.25) is 0 Å². The second-order valence-corrected chi connectivity index (χ2v) is 2.46. The molecule has 12 heavy (non-hydrogen) atoms. The van der Waals surface area contributed by atoms with Gasteiger partial charge in [-0.05, 0) is 18.6 Å². The van der Waals surface area contributed by atoms with Crippen LogP contribution in [-0.2, 0) is 4.79 Å². The van der Waals surface area contributed by atoms with Crippen LogP contribution in [0, 0.1) is 6.92 Å². The lowest BCUT2D eigenvalue weighted by atomic mass is 10.2. The van der Waals surface area contributed by atoms with E-state index < -0.39 is 0 Å². The standard InChI is InChI=1S/C11H11O/c1-2-11(12)9-8-10-6-4-3-5-7-10/h3-9H,1-2H2/b9-8+. The van der Waals surface area contributed by atoms with Crippen molar-refractivity contribution in [2.75, 3.05) is 0 Å². The number of benzene rings is 1. The summed E-state index contributed by atoms with van der Waals surface area (Å²) in [4.78, 5) is 10.8. The molecule has 0 amide bonds.